The van der Waals surface area contributed by atoms with Crippen molar-refractivity contribution in [2.45, 2.75) is 12.8 Å². The highest BCUT2D eigenvalue weighted by Crippen LogP contribution is 2.21. The van der Waals surface area contributed by atoms with Gasteiger partial charge in [0, 0.05) is 31.2 Å². The van der Waals surface area contributed by atoms with Crippen molar-refractivity contribution in [1.82, 2.24) is 14.6 Å². The van der Waals surface area contributed by atoms with Crippen molar-refractivity contribution in [1.29, 1.82) is 0 Å². The molecule has 120 valence electrons. The molecule has 22 heavy (non-hydrogen) atoms. The standard InChI is InChI=1S/C15H21N3O3S/c1-16-22(20,21)7-6-11-4-5-14-13(8-11)12(10-17-14)9-15(19)18(2)3/h4-5,8,10,16-17H,6-7,9H2,1-3H3. The first-order chi connectivity index (χ1) is 10.3. The number of amides is 1. The first-order valence-corrected chi connectivity index (χ1v) is 8.68. The molecule has 0 saturated carbocycles. The number of nitrogens with one attached hydrogen (secondary N) is 2. The molecule has 2 aromatic rings. The summed E-state index contributed by atoms with van der Waals surface area (Å²) in [5.74, 6) is 0.0786. The lowest BCUT2D eigenvalue weighted by molar-refractivity contribution is -0.127. The van der Waals surface area contributed by atoms with Crippen LogP contribution < -0.4 is 4.72 Å². The van der Waals surface area contributed by atoms with E-state index in [1.165, 1.54) is 7.05 Å². The topological polar surface area (TPSA) is 82.3 Å². The molecule has 0 atom stereocenters. The fourth-order valence-corrected chi connectivity index (χ4v) is 2.91. The van der Waals surface area contributed by atoms with Crippen molar-refractivity contribution in [2.24, 2.45) is 0 Å². The third kappa shape index (κ3) is 3.86. The number of rotatable bonds is 6. The SMILES string of the molecule is CNS(=O)(=O)CCc1ccc2[nH]cc(CC(=O)N(C)C)c2c1. The van der Waals surface area contributed by atoms with Gasteiger partial charge in [-0.25, -0.2) is 13.1 Å². The Kier molecular flexibility index (Phi) is 4.87. The lowest BCUT2D eigenvalue weighted by atomic mass is 10.1. The number of benzene rings is 1. The molecule has 1 heterocycles. The molecule has 0 aliphatic heterocycles. The summed E-state index contributed by atoms with van der Waals surface area (Å²) in [5, 5.41) is 0.967. The molecule has 1 aromatic carbocycles. The van der Waals surface area contributed by atoms with Gasteiger partial charge in [-0.2, -0.15) is 0 Å². The van der Waals surface area contributed by atoms with Gasteiger partial charge in [-0.3, -0.25) is 4.79 Å². The number of sulfonamides is 1. The number of likely N-dealkylation sites (N-methyl/N-ethyl adjacent to an activating group) is 1. The van der Waals surface area contributed by atoms with E-state index in [1.54, 1.807) is 19.0 Å². The Morgan fingerprint density at radius 3 is 2.68 bits per heavy atom. The van der Waals surface area contributed by atoms with Gasteiger partial charge >= 0.3 is 0 Å². The minimum atomic E-state index is -3.22. The lowest BCUT2D eigenvalue weighted by Crippen LogP contribution is -2.23. The van der Waals surface area contributed by atoms with Gasteiger partial charge < -0.3 is 9.88 Å². The molecule has 1 amide bonds. The van der Waals surface area contributed by atoms with Crippen molar-refractivity contribution < 1.29 is 13.2 Å². The monoisotopic (exact) mass is 323 g/mol. The Hall–Kier alpha value is -1.86. The number of hydrogen-bond acceptors (Lipinski definition) is 3. The maximum Gasteiger partial charge on any atom is 0.226 e. The quantitative estimate of drug-likeness (QED) is 0.828. The molecule has 0 saturated heterocycles. The van der Waals surface area contributed by atoms with Crippen LogP contribution in [-0.2, 0) is 27.7 Å². The maximum atomic E-state index is 11.9. The molecule has 0 fully saturated rings. The zero-order valence-electron chi connectivity index (χ0n) is 13.0. The minimum absolute atomic E-state index is 0.0315. The zero-order valence-corrected chi connectivity index (χ0v) is 13.8. The van der Waals surface area contributed by atoms with Gasteiger partial charge in [-0.15, -0.1) is 0 Å². The number of aromatic nitrogens is 1. The highest BCUT2D eigenvalue weighted by Gasteiger charge is 2.12. The van der Waals surface area contributed by atoms with E-state index in [0.29, 0.717) is 12.8 Å². The number of carbonyl (C=O) groups is 1. The average molecular weight is 323 g/mol. The van der Waals surface area contributed by atoms with E-state index in [1.807, 2.05) is 24.4 Å². The van der Waals surface area contributed by atoms with Crippen LogP contribution in [0, 0.1) is 0 Å². The smallest absolute Gasteiger partial charge is 0.226 e. The number of fused-ring (bicyclic) bond motifs is 1. The number of hydrogen-bond donors (Lipinski definition) is 2. The van der Waals surface area contributed by atoms with Crippen LogP contribution in [0.3, 0.4) is 0 Å². The molecule has 0 unspecified atom stereocenters. The van der Waals surface area contributed by atoms with Crippen LogP contribution in [0.1, 0.15) is 11.1 Å². The van der Waals surface area contributed by atoms with Crippen LogP contribution in [0.4, 0.5) is 0 Å². The molecule has 6 nitrogen and oxygen atoms in total. The van der Waals surface area contributed by atoms with Crippen molar-refractivity contribution in [3.05, 3.63) is 35.5 Å². The number of aromatic amines is 1. The second-order valence-electron chi connectivity index (χ2n) is 5.43. The summed E-state index contributed by atoms with van der Waals surface area (Å²) >= 11 is 0. The maximum absolute atomic E-state index is 11.9. The molecule has 0 bridgehead atoms. The molecule has 2 rings (SSSR count). The van der Waals surface area contributed by atoms with Gasteiger partial charge in [0.1, 0.15) is 0 Å². The first-order valence-electron chi connectivity index (χ1n) is 7.02. The van der Waals surface area contributed by atoms with Gasteiger partial charge in [-0.1, -0.05) is 6.07 Å². The van der Waals surface area contributed by atoms with E-state index in [-0.39, 0.29) is 11.7 Å². The molecular formula is C15H21N3O3S. The highest BCUT2D eigenvalue weighted by molar-refractivity contribution is 7.89. The second kappa shape index (κ2) is 6.50. The fraction of sp³-hybridized carbons (Fsp3) is 0.400. The van der Waals surface area contributed by atoms with Gasteiger partial charge in [0.25, 0.3) is 0 Å². The Labute approximate surface area is 130 Å². The Morgan fingerprint density at radius 1 is 1.32 bits per heavy atom. The summed E-state index contributed by atoms with van der Waals surface area (Å²) in [5.41, 5.74) is 2.80. The predicted molar refractivity (Wildman–Crippen MR) is 87.2 cm³/mol. The van der Waals surface area contributed by atoms with E-state index < -0.39 is 10.0 Å². The summed E-state index contributed by atoms with van der Waals surface area (Å²) in [4.78, 5) is 16.6. The Morgan fingerprint density at radius 2 is 2.05 bits per heavy atom. The van der Waals surface area contributed by atoms with Gasteiger partial charge in [0.15, 0.2) is 0 Å². The summed E-state index contributed by atoms with van der Waals surface area (Å²) in [6.45, 7) is 0. The number of H-pyrrole nitrogens is 1. The average Bonchev–Trinajstić information content (AvgIpc) is 2.87. The van der Waals surface area contributed by atoms with Crippen molar-refractivity contribution in [2.75, 3.05) is 26.9 Å². The normalized spacial score (nSPS) is 11.8. The summed E-state index contributed by atoms with van der Waals surface area (Å²) in [6.07, 6.45) is 2.59. The van der Waals surface area contributed by atoms with E-state index in [4.69, 9.17) is 0 Å². The van der Waals surface area contributed by atoms with Gasteiger partial charge in [-0.05, 0) is 36.7 Å². The number of aryl methyl sites for hydroxylation is 1. The molecule has 0 radical (unpaired) electrons. The van der Waals surface area contributed by atoms with Crippen LogP contribution in [0.5, 0.6) is 0 Å². The van der Waals surface area contributed by atoms with Crippen LogP contribution in [0.25, 0.3) is 10.9 Å². The van der Waals surface area contributed by atoms with Crippen molar-refractivity contribution in [3.63, 3.8) is 0 Å². The molecule has 1 aromatic heterocycles. The predicted octanol–water partition coefficient (Wildman–Crippen LogP) is 0.890. The Balaban J connectivity index is 2.23. The largest absolute Gasteiger partial charge is 0.361 e. The van der Waals surface area contributed by atoms with E-state index in [2.05, 4.69) is 9.71 Å². The summed E-state index contributed by atoms with van der Waals surface area (Å²) in [7, 11) is 1.65. The molecule has 2 N–H and O–H groups in total. The summed E-state index contributed by atoms with van der Waals surface area (Å²) in [6, 6.07) is 5.77. The van der Waals surface area contributed by atoms with Crippen LogP contribution in [0.2, 0.25) is 0 Å². The van der Waals surface area contributed by atoms with Crippen LogP contribution >= 0.6 is 0 Å². The molecule has 7 heteroatoms. The number of nitrogens with zero attached hydrogens (tertiary/aromatic N) is 1. The third-order valence-electron chi connectivity index (χ3n) is 3.64. The van der Waals surface area contributed by atoms with E-state index in [9.17, 15) is 13.2 Å². The molecule has 0 aliphatic carbocycles. The zero-order chi connectivity index (χ0) is 16.3. The van der Waals surface area contributed by atoms with Crippen LogP contribution in [-0.4, -0.2) is 51.1 Å². The van der Waals surface area contributed by atoms with Gasteiger partial charge in [0.05, 0.1) is 12.2 Å². The Bertz CT molecular complexity index is 778. The van der Waals surface area contributed by atoms with Crippen molar-refractivity contribution >= 4 is 26.8 Å². The molecular weight excluding hydrogens is 302 g/mol. The second-order valence-corrected chi connectivity index (χ2v) is 7.48. The van der Waals surface area contributed by atoms with E-state index in [0.717, 1.165) is 22.0 Å². The third-order valence-corrected chi connectivity index (χ3v) is 5.01. The summed E-state index contributed by atoms with van der Waals surface area (Å²) < 4.78 is 25.3. The number of carbonyl (C=O) groups excluding carboxylic acids is 1. The fourth-order valence-electron chi connectivity index (χ4n) is 2.20. The highest BCUT2D eigenvalue weighted by atomic mass is 32.2. The van der Waals surface area contributed by atoms with E-state index >= 15 is 0 Å². The van der Waals surface area contributed by atoms with Crippen molar-refractivity contribution in [3.8, 4) is 0 Å². The van der Waals surface area contributed by atoms with Gasteiger partial charge in [0.2, 0.25) is 15.9 Å². The first kappa shape index (κ1) is 16.5. The lowest BCUT2D eigenvalue weighted by Gasteiger charge is -2.09. The molecule has 0 spiro atoms. The minimum Gasteiger partial charge on any atom is -0.361 e. The van der Waals surface area contributed by atoms with Crippen LogP contribution in [0.15, 0.2) is 24.4 Å². The molecule has 0 aliphatic rings.